The lowest BCUT2D eigenvalue weighted by atomic mass is 10.0. The second-order valence-corrected chi connectivity index (χ2v) is 7.55. The van der Waals surface area contributed by atoms with Crippen molar-refractivity contribution in [3.05, 3.63) is 83.9 Å². The third-order valence-corrected chi connectivity index (χ3v) is 4.98. The fourth-order valence-corrected chi connectivity index (χ4v) is 3.38. The van der Waals surface area contributed by atoms with Gasteiger partial charge in [0, 0.05) is 5.56 Å². The molecule has 1 heterocycles. The molecule has 5 heteroatoms. The van der Waals surface area contributed by atoms with Crippen LogP contribution in [0, 0.1) is 5.92 Å². The van der Waals surface area contributed by atoms with E-state index in [9.17, 15) is 4.79 Å². The minimum atomic E-state index is -0.316. The molecule has 0 amide bonds. The number of rotatable bonds is 8. The van der Waals surface area contributed by atoms with Gasteiger partial charge in [0.25, 0.3) is 0 Å². The van der Waals surface area contributed by atoms with E-state index in [0.29, 0.717) is 30.6 Å². The van der Waals surface area contributed by atoms with Gasteiger partial charge in [0.2, 0.25) is 5.89 Å². The molecule has 4 aromatic rings. The lowest BCUT2D eigenvalue weighted by Gasteiger charge is -2.13. The van der Waals surface area contributed by atoms with Crippen LogP contribution in [-0.2, 0) is 11.2 Å². The molecule has 158 valence electrons. The van der Waals surface area contributed by atoms with Crippen molar-refractivity contribution in [3.8, 4) is 17.2 Å². The van der Waals surface area contributed by atoms with Gasteiger partial charge in [-0.1, -0.05) is 31.2 Å². The van der Waals surface area contributed by atoms with Crippen molar-refractivity contribution in [2.45, 2.75) is 20.3 Å². The van der Waals surface area contributed by atoms with E-state index < -0.39 is 0 Å². The molecule has 31 heavy (non-hydrogen) atoms. The largest absolute Gasteiger partial charge is 0.493 e. The number of carbonyl (C=O) groups is 1. The van der Waals surface area contributed by atoms with Gasteiger partial charge in [0.1, 0.15) is 11.3 Å². The van der Waals surface area contributed by atoms with Crippen molar-refractivity contribution < 1.29 is 18.7 Å². The summed E-state index contributed by atoms with van der Waals surface area (Å²) in [5, 5.41) is 0. The number of esters is 1. The Bertz CT molecular complexity index is 1110. The van der Waals surface area contributed by atoms with Gasteiger partial charge in [0.15, 0.2) is 5.58 Å². The predicted molar refractivity (Wildman–Crippen MR) is 120 cm³/mol. The third-order valence-electron chi connectivity index (χ3n) is 4.98. The van der Waals surface area contributed by atoms with Crippen molar-refractivity contribution >= 4 is 17.1 Å². The van der Waals surface area contributed by atoms with Crippen LogP contribution in [0.25, 0.3) is 22.6 Å². The molecule has 4 rings (SSSR count). The van der Waals surface area contributed by atoms with Gasteiger partial charge in [0.05, 0.1) is 18.8 Å². The highest BCUT2D eigenvalue weighted by Gasteiger charge is 2.10. The Balaban J connectivity index is 1.31. The minimum absolute atomic E-state index is 0.316. The Labute approximate surface area is 181 Å². The van der Waals surface area contributed by atoms with Gasteiger partial charge >= 0.3 is 5.97 Å². The van der Waals surface area contributed by atoms with Crippen LogP contribution < -0.4 is 4.74 Å². The Morgan fingerprint density at radius 2 is 1.74 bits per heavy atom. The molecular formula is C26H25NO4. The monoisotopic (exact) mass is 415 g/mol. The van der Waals surface area contributed by atoms with Gasteiger partial charge in [-0.05, 0) is 73.4 Å². The van der Waals surface area contributed by atoms with Crippen LogP contribution in [0.5, 0.6) is 5.75 Å². The molecule has 0 spiro atoms. The Morgan fingerprint density at radius 3 is 2.45 bits per heavy atom. The van der Waals surface area contributed by atoms with Crippen molar-refractivity contribution in [2.24, 2.45) is 5.92 Å². The van der Waals surface area contributed by atoms with E-state index in [2.05, 4.69) is 24.0 Å². The summed E-state index contributed by atoms with van der Waals surface area (Å²) < 4.78 is 16.7. The fourth-order valence-electron chi connectivity index (χ4n) is 3.38. The first-order chi connectivity index (χ1) is 15.1. The first kappa shape index (κ1) is 20.7. The molecule has 3 aromatic carbocycles. The Kier molecular flexibility index (Phi) is 6.32. The van der Waals surface area contributed by atoms with Gasteiger partial charge in [-0.2, -0.15) is 0 Å². The van der Waals surface area contributed by atoms with Crippen LogP contribution >= 0.6 is 0 Å². The highest BCUT2D eigenvalue weighted by atomic mass is 16.5. The average Bonchev–Trinajstić information content (AvgIpc) is 3.23. The van der Waals surface area contributed by atoms with Crippen molar-refractivity contribution in [1.82, 2.24) is 4.98 Å². The van der Waals surface area contributed by atoms with E-state index in [0.717, 1.165) is 28.8 Å². The number of hydrogen-bond donors (Lipinski definition) is 0. The lowest BCUT2D eigenvalue weighted by Crippen LogP contribution is -2.11. The zero-order valence-electron chi connectivity index (χ0n) is 17.7. The molecule has 0 saturated heterocycles. The summed E-state index contributed by atoms with van der Waals surface area (Å²) >= 11 is 0. The quantitative estimate of drug-likeness (QED) is 0.334. The van der Waals surface area contributed by atoms with Gasteiger partial charge in [-0.15, -0.1) is 0 Å². The number of aromatic nitrogens is 1. The van der Waals surface area contributed by atoms with Crippen molar-refractivity contribution in [3.63, 3.8) is 0 Å². The van der Waals surface area contributed by atoms with Crippen LogP contribution in [0.2, 0.25) is 0 Å². The smallest absolute Gasteiger partial charge is 0.338 e. The lowest BCUT2D eigenvalue weighted by molar-refractivity contribution is 0.0526. The molecule has 0 aliphatic rings. The van der Waals surface area contributed by atoms with Gasteiger partial charge < -0.3 is 13.9 Å². The Morgan fingerprint density at radius 1 is 1.00 bits per heavy atom. The molecule has 0 radical (unpaired) electrons. The second kappa shape index (κ2) is 9.47. The number of carbonyl (C=O) groups excluding carboxylic acids is 1. The normalized spacial score (nSPS) is 11.9. The van der Waals surface area contributed by atoms with E-state index >= 15 is 0 Å². The molecule has 1 atom stereocenters. The van der Waals surface area contributed by atoms with Crippen LogP contribution in [0.1, 0.15) is 29.8 Å². The van der Waals surface area contributed by atoms with Gasteiger partial charge in [-0.25, -0.2) is 9.78 Å². The van der Waals surface area contributed by atoms with Crippen LogP contribution in [0.3, 0.4) is 0 Å². The summed E-state index contributed by atoms with van der Waals surface area (Å²) in [4.78, 5) is 16.3. The average molecular weight is 415 g/mol. The summed E-state index contributed by atoms with van der Waals surface area (Å²) in [7, 11) is 0. The third kappa shape index (κ3) is 5.12. The molecule has 0 fully saturated rings. The summed E-state index contributed by atoms with van der Waals surface area (Å²) in [6.45, 7) is 4.90. The molecular weight excluding hydrogens is 390 g/mol. The maximum atomic E-state index is 11.7. The van der Waals surface area contributed by atoms with Crippen molar-refractivity contribution in [1.29, 1.82) is 0 Å². The molecule has 1 unspecified atom stereocenters. The first-order valence-corrected chi connectivity index (χ1v) is 10.5. The molecule has 5 nitrogen and oxygen atoms in total. The minimum Gasteiger partial charge on any atom is -0.493 e. The van der Waals surface area contributed by atoms with Crippen LogP contribution in [0.4, 0.5) is 0 Å². The van der Waals surface area contributed by atoms with E-state index in [1.165, 1.54) is 5.56 Å². The zero-order valence-corrected chi connectivity index (χ0v) is 17.7. The highest BCUT2D eigenvalue weighted by Crippen LogP contribution is 2.25. The summed E-state index contributed by atoms with van der Waals surface area (Å²) in [5.41, 5.74) is 4.38. The number of para-hydroxylation sites is 2. The molecule has 0 aliphatic heterocycles. The number of benzene rings is 3. The van der Waals surface area contributed by atoms with E-state index in [-0.39, 0.29) is 5.97 Å². The number of fused-ring (bicyclic) bond motifs is 1. The fraction of sp³-hybridized carbons (Fsp3) is 0.231. The molecule has 1 aromatic heterocycles. The van der Waals surface area contributed by atoms with Gasteiger partial charge in [-0.3, -0.25) is 0 Å². The molecule has 0 bridgehead atoms. The summed E-state index contributed by atoms with van der Waals surface area (Å²) in [5.74, 6) is 1.39. The SMILES string of the molecule is CCOC(=O)c1ccc(OCC(C)Cc2ccc(-c3nc4ccccc4o3)cc2)cc1. The highest BCUT2D eigenvalue weighted by molar-refractivity contribution is 5.89. The summed E-state index contributed by atoms with van der Waals surface area (Å²) in [6, 6.07) is 23.1. The first-order valence-electron chi connectivity index (χ1n) is 10.5. The van der Waals surface area contributed by atoms with E-state index in [1.807, 2.05) is 36.4 Å². The maximum Gasteiger partial charge on any atom is 0.338 e. The predicted octanol–water partition coefficient (Wildman–Crippen LogP) is 5.93. The number of oxazole rings is 1. The number of nitrogens with zero attached hydrogens (tertiary/aromatic N) is 1. The summed E-state index contributed by atoms with van der Waals surface area (Å²) in [6.07, 6.45) is 0.898. The molecule has 0 saturated carbocycles. The molecule has 0 aliphatic carbocycles. The maximum absolute atomic E-state index is 11.7. The molecule has 0 N–H and O–H groups in total. The number of hydrogen-bond acceptors (Lipinski definition) is 5. The second-order valence-electron chi connectivity index (χ2n) is 7.55. The number of ether oxygens (including phenoxy) is 2. The topological polar surface area (TPSA) is 61.6 Å². The van der Waals surface area contributed by atoms with Crippen molar-refractivity contribution in [2.75, 3.05) is 13.2 Å². The van der Waals surface area contributed by atoms with E-state index in [1.54, 1.807) is 31.2 Å². The van der Waals surface area contributed by atoms with Crippen LogP contribution in [0.15, 0.2) is 77.2 Å². The standard InChI is InChI=1S/C26H25NO4/c1-3-29-26(28)21-12-14-22(15-13-21)30-17-18(2)16-19-8-10-20(11-9-19)25-27-23-6-4-5-7-24(23)31-25/h4-15,18H,3,16-17H2,1-2H3. The van der Waals surface area contributed by atoms with Crippen LogP contribution in [-0.4, -0.2) is 24.2 Å². The van der Waals surface area contributed by atoms with E-state index in [4.69, 9.17) is 13.9 Å². The zero-order chi connectivity index (χ0) is 21.6. The Hall–Kier alpha value is -3.60.